The Hall–Kier alpha value is -0.330. The van der Waals surface area contributed by atoms with Crippen molar-refractivity contribution in [1.82, 2.24) is 0 Å². The molecule has 0 saturated carbocycles. The smallest absolute Gasteiger partial charge is 0.101 e. The molecule has 1 rings (SSSR count). The Balaban J connectivity index is 2.29. The molecule has 0 aromatic heterocycles. The summed E-state index contributed by atoms with van der Waals surface area (Å²) in [6.45, 7) is 1.63. The second-order valence-corrected chi connectivity index (χ2v) is 6.15. The SMILES string of the molecule is CS(=O)(=O)[N-]CC[NH2+]Cc1ccc(Cl)c(Cl)c1. The predicted molar refractivity (Wildman–Crippen MR) is 70.0 cm³/mol. The average Bonchev–Trinajstić information content (AvgIpc) is 2.21. The fraction of sp³-hybridized carbons (Fsp3) is 0.400. The van der Waals surface area contributed by atoms with E-state index in [4.69, 9.17) is 23.2 Å². The Morgan fingerprint density at radius 2 is 2.00 bits per heavy atom. The summed E-state index contributed by atoms with van der Waals surface area (Å²) in [5.74, 6) is 0. The molecule has 4 nitrogen and oxygen atoms in total. The van der Waals surface area contributed by atoms with Crippen LogP contribution in [0.5, 0.6) is 0 Å². The number of hydrogen-bond acceptors (Lipinski definition) is 2. The maximum atomic E-state index is 10.7. The van der Waals surface area contributed by atoms with E-state index < -0.39 is 10.0 Å². The lowest BCUT2D eigenvalue weighted by Crippen LogP contribution is -2.83. The van der Waals surface area contributed by atoms with Gasteiger partial charge in [0.15, 0.2) is 0 Å². The number of nitrogens with zero attached hydrogens (tertiary/aromatic N) is 1. The highest BCUT2D eigenvalue weighted by atomic mass is 35.5. The molecule has 0 aliphatic rings. The van der Waals surface area contributed by atoms with Crippen molar-refractivity contribution in [1.29, 1.82) is 0 Å². The molecule has 0 unspecified atom stereocenters. The van der Waals surface area contributed by atoms with E-state index in [1.807, 2.05) is 11.4 Å². The van der Waals surface area contributed by atoms with E-state index in [0.717, 1.165) is 18.4 Å². The van der Waals surface area contributed by atoms with Crippen molar-refractivity contribution in [2.45, 2.75) is 6.54 Å². The molecule has 0 atom stereocenters. The summed E-state index contributed by atoms with van der Waals surface area (Å²) in [6, 6.07) is 5.43. The van der Waals surface area contributed by atoms with Gasteiger partial charge >= 0.3 is 0 Å². The van der Waals surface area contributed by atoms with Crippen LogP contribution in [-0.2, 0) is 16.6 Å². The largest absolute Gasteiger partial charge is 0.545 e. The summed E-state index contributed by atoms with van der Waals surface area (Å²) in [5.41, 5.74) is 1.04. The first-order valence-corrected chi connectivity index (χ1v) is 7.63. The van der Waals surface area contributed by atoms with Gasteiger partial charge in [0.2, 0.25) is 0 Å². The molecule has 0 saturated heterocycles. The maximum Gasteiger partial charge on any atom is 0.101 e. The maximum absolute atomic E-state index is 10.7. The molecule has 0 aliphatic carbocycles. The number of quaternary nitrogens is 1. The quantitative estimate of drug-likeness (QED) is 0.806. The zero-order valence-corrected chi connectivity index (χ0v) is 11.7. The highest BCUT2D eigenvalue weighted by molar-refractivity contribution is 7.93. The number of rotatable bonds is 6. The normalized spacial score (nSPS) is 11.7. The fourth-order valence-corrected chi connectivity index (χ4v) is 2.00. The molecular weight excluding hydrogens is 283 g/mol. The van der Waals surface area contributed by atoms with Gasteiger partial charge in [-0.15, -0.1) is 0 Å². The van der Waals surface area contributed by atoms with E-state index >= 15 is 0 Å². The standard InChI is InChI=1S/C10H13Cl2N2O2S/c1-17(15,16)14-5-4-13-7-8-2-3-9(11)10(12)6-8/h2-3,6,13H,4-5,7H2,1H3/q-1/p+1. The molecule has 96 valence electrons. The lowest BCUT2D eigenvalue weighted by Gasteiger charge is -2.14. The Bertz CT molecular complexity index is 477. The molecule has 0 spiro atoms. The Labute approximate surface area is 111 Å². The molecule has 1 aromatic carbocycles. The Morgan fingerprint density at radius 3 is 2.59 bits per heavy atom. The molecule has 0 bridgehead atoms. The van der Waals surface area contributed by atoms with Crippen molar-refractivity contribution in [3.05, 3.63) is 38.5 Å². The van der Waals surface area contributed by atoms with Crippen LogP contribution in [0.4, 0.5) is 0 Å². The van der Waals surface area contributed by atoms with Gasteiger partial charge in [-0.05, 0) is 12.1 Å². The topological polar surface area (TPSA) is 64.8 Å². The molecule has 2 N–H and O–H groups in total. The van der Waals surface area contributed by atoms with Crippen molar-refractivity contribution in [3.8, 4) is 0 Å². The minimum Gasteiger partial charge on any atom is -0.545 e. The third-order valence-electron chi connectivity index (χ3n) is 2.02. The predicted octanol–water partition coefficient (Wildman–Crippen LogP) is 1.39. The molecule has 17 heavy (non-hydrogen) atoms. The van der Waals surface area contributed by atoms with Gasteiger partial charge in [-0.25, -0.2) is 8.42 Å². The number of sulfonamides is 1. The number of nitrogens with two attached hydrogens (primary N) is 1. The van der Waals surface area contributed by atoms with Gasteiger partial charge in [0.1, 0.15) is 6.54 Å². The summed E-state index contributed by atoms with van der Waals surface area (Å²) in [6.07, 6.45) is 1.09. The van der Waals surface area contributed by atoms with Crippen LogP contribution in [0.15, 0.2) is 18.2 Å². The molecule has 0 aliphatic heterocycles. The van der Waals surface area contributed by atoms with Crippen LogP contribution in [0.1, 0.15) is 5.56 Å². The van der Waals surface area contributed by atoms with E-state index in [1.54, 1.807) is 12.1 Å². The second kappa shape index (κ2) is 6.56. The third-order valence-corrected chi connectivity index (χ3v) is 3.41. The summed E-state index contributed by atoms with van der Waals surface area (Å²) in [4.78, 5) is 0. The van der Waals surface area contributed by atoms with Crippen molar-refractivity contribution >= 4 is 33.2 Å². The van der Waals surface area contributed by atoms with E-state index in [9.17, 15) is 8.42 Å². The van der Waals surface area contributed by atoms with Gasteiger partial charge in [-0.2, -0.15) is 0 Å². The highest BCUT2D eigenvalue weighted by Gasteiger charge is 2.00. The van der Waals surface area contributed by atoms with E-state index in [1.165, 1.54) is 0 Å². The molecule has 0 radical (unpaired) electrons. The lowest BCUT2D eigenvalue weighted by molar-refractivity contribution is -0.667. The Kier molecular flexibility index (Phi) is 5.69. The third kappa shape index (κ3) is 6.24. The average molecular weight is 297 g/mol. The number of halogens is 2. The van der Waals surface area contributed by atoms with Gasteiger partial charge < -0.3 is 10.0 Å². The van der Waals surface area contributed by atoms with Crippen LogP contribution in [0.25, 0.3) is 4.72 Å². The zero-order chi connectivity index (χ0) is 12.9. The zero-order valence-electron chi connectivity index (χ0n) is 9.36. The Morgan fingerprint density at radius 1 is 1.29 bits per heavy atom. The minimum absolute atomic E-state index is 0.292. The number of hydrogen-bond donors (Lipinski definition) is 1. The molecular formula is C10H14Cl2N2O2S. The van der Waals surface area contributed by atoms with Crippen LogP contribution in [0.3, 0.4) is 0 Å². The summed E-state index contributed by atoms with van der Waals surface area (Å²) >= 11 is 11.7. The lowest BCUT2D eigenvalue weighted by atomic mass is 10.2. The van der Waals surface area contributed by atoms with E-state index in [2.05, 4.69) is 4.72 Å². The summed E-state index contributed by atoms with van der Waals surface area (Å²) < 4.78 is 25.0. The van der Waals surface area contributed by atoms with E-state index in [0.29, 0.717) is 23.1 Å². The van der Waals surface area contributed by atoms with Crippen molar-refractivity contribution < 1.29 is 13.7 Å². The molecule has 0 fully saturated rings. The molecule has 0 amide bonds. The van der Waals surface area contributed by atoms with E-state index in [-0.39, 0.29) is 0 Å². The van der Waals surface area contributed by atoms with Crippen molar-refractivity contribution in [3.63, 3.8) is 0 Å². The molecule has 7 heteroatoms. The summed E-state index contributed by atoms with van der Waals surface area (Å²) in [5, 5.41) is 3.02. The highest BCUT2D eigenvalue weighted by Crippen LogP contribution is 2.21. The van der Waals surface area contributed by atoms with Crippen LogP contribution >= 0.6 is 23.2 Å². The van der Waals surface area contributed by atoms with Crippen LogP contribution in [-0.4, -0.2) is 27.8 Å². The fourth-order valence-electron chi connectivity index (χ4n) is 1.25. The molecule has 1 aromatic rings. The van der Waals surface area contributed by atoms with Crippen LogP contribution in [0.2, 0.25) is 10.0 Å². The van der Waals surface area contributed by atoms with Gasteiger partial charge in [0.05, 0.1) is 26.6 Å². The van der Waals surface area contributed by atoms with Gasteiger partial charge in [0, 0.05) is 11.8 Å². The van der Waals surface area contributed by atoms with Crippen LogP contribution in [0, 0.1) is 0 Å². The van der Waals surface area contributed by atoms with Crippen molar-refractivity contribution in [2.75, 3.05) is 19.3 Å². The first-order chi connectivity index (χ1) is 7.88. The monoisotopic (exact) mass is 296 g/mol. The summed E-state index contributed by atoms with van der Waals surface area (Å²) in [7, 11) is -3.22. The first kappa shape index (κ1) is 14.7. The van der Waals surface area contributed by atoms with Gasteiger partial charge in [0.25, 0.3) is 0 Å². The first-order valence-electron chi connectivity index (χ1n) is 5.03. The van der Waals surface area contributed by atoms with Crippen LogP contribution < -0.4 is 5.32 Å². The molecule has 0 heterocycles. The minimum atomic E-state index is -3.22. The van der Waals surface area contributed by atoms with Crippen molar-refractivity contribution in [2.24, 2.45) is 0 Å². The number of benzene rings is 1. The van der Waals surface area contributed by atoms with Gasteiger partial charge in [-0.1, -0.05) is 35.8 Å². The second-order valence-electron chi connectivity index (χ2n) is 3.62. The van der Waals surface area contributed by atoms with Gasteiger partial charge in [-0.3, -0.25) is 0 Å².